The number of methoxy groups -OCH3 is 1. The molecule has 4 heteroatoms. The van der Waals surface area contributed by atoms with Crippen molar-refractivity contribution in [1.29, 1.82) is 0 Å². The molecule has 0 bridgehead atoms. The third kappa shape index (κ3) is 4.17. The Morgan fingerprint density at radius 1 is 1.29 bits per heavy atom. The summed E-state index contributed by atoms with van der Waals surface area (Å²) < 4.78 is 4.63. The van der Waals surface area contributed by atoms with E-state index in [9.17, 15) is 4.79 Å². The number of unbranched alkanes of at least 4 members (excludes halogenated alkanes) is 1. The van der Waals surface area contributed by atoms with Crippen LogP contribution >= 0.6 is 0 Å². The molecule has 0 radical (unpaired) electrons. The number of benzene rings is 1. The lowest BCUT2D eigenvalue weighted by Crippen LogP contribution is -2.11. The molecule has 1 aromatic rings. The van der Waals surface area contributed by atoms with E-state index < -0.39 is 0 Å². The van der Waals surface area contributed by atoms with Crippen LogP contribution in [-0.2, 0) is 4.74 Å². The Balaban J connectivity index is 2.57. The Hall–Kier alpha value is -1.39. The third-order valence-corrected chi connectivity index (χ3v) is 2.73. The maximum atomic E-state index is 11.2. The van der Waals surface area contributed by atoms with Crippen LogP contribution in [0.2, 0.25) is 0 Å². The van der Waals surface area contributed by atoms with Crippen molar-refractivity contribution in [3.63, 3.8) is 0 Å². The van der Waals surface area contributed by atoms with E-state index >= 15 is 0 Å². The van der Waals surface area contributed by atoms with Gasteiger partial charge in [0.2, 0.25) is 0 Å². The largest absolute Gasteiger partial charge is 0.465 e. The van der Waals surface area contributed by atoms with Crippen LogP contribution in [-0.4, -0.2) is 19.6 Å². The molecule has 0 saturated carbocycles. The molecule has 94 valence electrons. The van der Waals surface area contributed by atoms with Gasteiger partial charge in [-0.1, -0.05) is 18.6 Å². The molecule has 0 unspecified atom stereocenters. The first kappa shape index (κ1) is 13.7. The zero-order valence-electron chi connectivity index (χ0n) is 10.2. The second kappa shape index (κ2) is 7.04. The van der Waals surface area contributed by atoms with E-state index in [0.717, 1.165) is 24.8 Å². The van der Waals surface area contributed by atoms with E-state index in [2.05, 4.69) is 4.74 Å². The maximum Gasteiger partial charge on any atom is 0.337 e. The molecule has 0 saturated heterocycles. The van der Waals surface area contributed by atoms with Gasteiger partial charge in [0.25, 0.3) is 0 Å². The van der Waals surface area contributed by atoms with Crippen LogP contribution in [0.3, 0.4) is 0 Å². The quantitative estimate of drug-likeness (QED) is 0.581. The lowest BCUT2D eigenvalue weighted by molar-refractivity contribution is 0.0600. The molecule has 0 amide bonds. The number of nitrogens with two attached hydrogens (primary N) is 2. The summed E-state index contributed by atoms with van der Waals surface area (Å²) in [5.74, 6) is -0.326. The van der Waals surface area contributed by atoms with Crippen LogP contribution in [0.25, 0.3) is 0 Å². The van der Waals surface area contributed by atoms with Gasteiger partial charge in [-0.05, 0) is 37.1 Å². The van der Waals surface area contributed by atoms with Crippen molar-refractivity contribution in [3.8, 4) is 0 Å². The number of carbonyl (C=O) groups is 1. The first-order chi connectivity index (χ1) is 8.19. The fourth-order valence-electron chi connectivity index (χ4n) is 1.66. The average Bonchev–Trinajstić information content (AvgIpc) is 2.38. The zero-order chi connectivity index (χ0) is 12.7. The van der Waals surface area contributed by atoms with Crippen molar-refractivity contribution >= 4 is 5.97 Å². The van der Waals surface area contributed by atoms with Gasteiger partial charge in [-0.25, -0.2) is 4.79 Å². The fraction of sp³-hybridized carbons (Fsp3) is 0.462. The first-order valence-electron chi connectivity index (χ1n) is 5.83. The number of hydrogen-bond donors (Lipinski definition) is 2. The standard InChI is InChI=1S/C13H20N2O2/c1-17-13(16)11-7-5-10(6-8-11)12(15)4-2-3-9-14/h5-8,12H,2-4,9,14-15H2,1H3/t12-/m1/s1. The SMILES string of the molecule is COC(=O)c1ccc([C@H](N)CCCCN)cc1. The van der Waals surface area contributed by atoms with Gasteiger partial charge in [-0.2, -0.15) is 0 Å². The Bertz CT molecular complexity index is 349. The van der Waals surface area contributed by atoms with E-state index in [1.165, 1.54) is 7.11 Å². The molecule has 17 heavy (non-hydrogen) atoms. The minimum absolute atomic E-state index is 0.00764. The minimum Gasteiger partial charge on any atom is -0.465 e. The number of carbonyl (C=O) groups excluding carboxylic acids is 1. The highest BCUT2D eigenvalue weighted by molar-refractivity contribution is 5.89. The van der Waals surface area contributed by atoms with Gasteiger partial charge in [-0.15, -0.1) is 0 Å². The summed E-state index contributed by atoms with van der Waals surface area (Å²) in [5.41, 5.74) is 13.1. The summed E-state index contributed by atoms with van der Waals surface area (Å²) in [4.78, 5) is 11.2. The predicted octanol–water partition coefficient (Wildman–Crippen LogP) is 1.60. The molecule has 4 nitrogen and oxygen atoms in total. The van der Waals surface area contributed by atoms with Crippen molar-refractivity contribution < 1.29 is 9.53 Å². The molecule has 1 atom stereocenters. The highest BCUT2D eigenvalue weighted by Crippen LogP contribution is 2.17. The topological polar surface area (TPSA) is 78.3 Å². The van der Waals surface area contributed by atoms with Gasteiger partial charge in [0.05, 0.1) is 12.7 Å². The first-order valence-corrected chi connectivity index (χ1v) is 5.83. The average molecular weight is 236 g/mol. The van der Waals surface area contributed by atoms with Crippen LogP contribution in [0.4, 0.5) is 0 Å². The summed E-state index contributed by atoms with van der Waals surface area (Å²) in [7, 11) is 1.37. The zero-order valence-corrected chi connectivity index (χ0v) is 10.2. The van der Waals surface area contributed by atoms with Gasteiger partial charge < -0.3 is 16.2 Å². The van der Waals surface area contributed by atoms with Crippen LogP contribution in [0.1, 0.15) is 41.2 Å². The maximum absolute atomic E-state index is 11.2. The van der Waals surface area contributed by atoms with E-state index in [1.807, 2.05) is 12.1 Å². The molecular weight excluding hydrogens is 216 g/mol. The fourth-order valence-corrected chi connectivity index (χ4v) is 1.66. The van der Waals surface area contributed by atoms with Crippen LogP contribution in [0.15, 0.2) is 24.3 Å². The highest BCUT2D eigenvalue weighted by atomic mass is 16.5. The summed E-state index contributed by atoms with van der Waals surface area (Å²) in [6, 6.07) is 7.24. The second-order valence-electron chi connectivity index (χ2n) is 4.00. The normalized spacial score (nSPS) is 12.2. The molecule has 0 aliphatic heterocycles. The molecule has 0 heterocycles. The summed E-state index contributed by atoms with van der Waals surface area (Å²) in [6.07, 6.45) is 2.93. The Labute approximate surface area is 102 Å². The van der Waals surface area contributed by atoms with Gasteiger partial charge in [0.15, 0.2) is 0 Å². The van der Waals surface area contributed by atoms with E-state index in [1.54, 1.807) is 12.1 Å². The molecule has 0 aromatic heterocycles. The van der Waals surface area contributed by atoms with Crippen molar-refractivity contribution in [2.75, 3.05) is 13.7 Å². The summed E-state index contributed by atoms with van der Waals surface area (Å²) >= 11 is 0. The van der Waals surface area contributed by atoms with Gasteiger partial charge in [0, 0.05) is 6.04 Å². The van der Waals surface area contributed by atoms with Crippen molar-refractivity contribution in [1.82, 2.24) is 0 Å². The molecule has 1 aromatic carbocycles. The monoisotopic (exact) mass is 236 g/mol. The molecule has 0 spiro atoms. The molecule has 0 aliphatic carbocycles. The van der Waals surface area contributed by atoms with Crippen LogP contribution < -0.4 is 11.5 Å². The number of rotatable bonds is 6. The Kier molecular flexibility index (Phi) is 5.66. The van der Waals surface area contributed by atoms with Crippen molar-refractivity contribution in [3.05, 3.63) is 35.4 Å². The molecule has 4 N–H and O–H groups in total. The van der Waals surface area contributed by atoms with Gasteiger partial charge in [-0.3, -0.25) is 0 Å². The number of esters is 1. The van der Waals surface area contributed by atoms with E-state index in [-0.39, 0.29) is 12.0 Å². The lowest BCUT2D eigenvalue weighted by Gasteiger charge is -2.11. The molecule has 1 rings (SSSR count). The number of hydrogen-bond acceptors (Lipinski definition) is 4. The lowest BCUT2D eigenvalue weighted by atomic mass is 10.0. The smallest absolute Gasteiger partial charge is 0.337 e. The Morgan fingerprint density at radius 3 is 2.47 bits per heavy atom. The molecule has 0 fully saturated rings. The minimum atomic E-state index is -0.326. The summed E-state index contributed by atoms with van der Waals surface area (Å²) in [5, 5.41) is 0. The molecule has 0 aliphatic rings. The van der Waals surface area contributed by atoms with Crippen LogP contribution in [0.5, 0.6) is 0 Å². The highest BCUT2D eigenvalue weighted by Gasteiger charge is 2.08. The summed E-state index contributed by atoms with van der Waals surface area (Å²) in [6.45, 7) is 0.702. The van der Waals surface area contributed by atoms with Crippen molar-refractivity contribution in [2.24, 2.45) is 11.5 Å². The number of ether oxygens (including phenoxy) is 1. The predicted molar refractivity (Wildman–Crippen MR) is 67.6 cm³/mol. The van der Waals surface area contributed by atoms with E-state index in [4.69, 9.17) is 11.5 Å². The van der Waals surface area contributed by atoms with Gasteiger partial charge in [0.1, 0.15) is 0 Å². The third-order valence-electron chi connectivity index (χ3n) is 2.73. The molecular formula is C13H20N2O2. The van der Waals surface area contributed by atoms with E-state index in [0.29, 0.717) is 12.1 Å². The van der Waals surface area contributed by atoms with Crippen molar-refractivity contribution in [2.45, 2.75) is 25.3 Å². The second-order valence-corrected chi connectivity index (χ2v) is 4.00. The van der Waals surface area contributed by atoms with Crippen LogP contribution in [0, 0.1) is 0 Å². The van der Waals surface area contributed by atoms with Gasteiger partial charge >= 0.3 is 5.97 Å². The Morgan fingerprint density at radius 2 is 1.94 bits per heavy atom.